The number of para-hydroxylation sites is 1. The van der Waals surface area contributed by atoms with E-state index in [-0.39, 0.29) is 5.82 Å². The fraction of sp³-hybridized carbons (Fsp3) is 0.417. The molecule has 1 fully saturated rings. The molecular formula is C24H29ClFN5. The number of halogens is 2. The average Bonchev–Trinajstić information content (AvgIpc) is 2.76. The van der Waals surface area contributed by atoms with Gasteiger partial charge >= 0.3 is 0 Å². The summed E-state index contributed by atoms with van der Waals surface area (Å²) in [5, 5.41) is 8.67. The number of hydrogen-bond acceptors (Lipinski definition) is 5. The molecule has 31 heavy (non-hydrogen) atoms. The highest BCUT2D eigenvalue weighted by atomic mass is 35.5. The lowest BCUT2D eigenvalue weighted by Gasteiger charge is -2.30. The van der Waals surface area contributed by atoms with Crippen LogP contribution in [0.3, 0.4) is 0 Å². The second-order valence-electron chi connectivity index (χ2n) is 8.38. The van der Waals surface area contributed by atoms with Gasteiger partial charge in [0.2, 0.25) is 5.95 Å². The summed E-state index contributed by atoms with van der Waals surface area (Å²) in [5.41, 5.74) is 1.54. The molecule has 0 spiro atoms. The Bertz CT molecular complexity index is 1010. The maximum absolute atomic E-state index is 13.9. The first-order chi connectivity index (χ1) is 15.0. The maximum atomic E-state index is 13.9. The van der Waals surface area contributed by atoms with E-state index >= 15 is 0 Å². The van der Waals surface area contributed by atoms with Crippen molar-refractivity contribution in [1.82, 2.24) is 15.3 Å². The van der Waals surface area contributed by atoms with E-state index in [4.69, 9.17) is 21.6 Å². The predicted molar refractivity (Wildman–Crippen MR) is 127 cm³/mol. The Kier molecular flexibility index (Phi) is 6.88. The summed E-state index contributed by atoms with van der Waals surface area (Å²) in [6, 6.07) is 13.8. The Morgan fingerprint density at radius 1 is 1.00 bits per heavy atom. The van der Waals surface area contributed by atoms with Crippen molar-refractivity contribution in [3.8, 4) is 0 Å². The number of hydrogen-bond donors (Lipinski definition) is 2. The summed E-state index contributed by atoms with van der Waals surface area (Å²) in [6.07, 6.45) is 4.83. The summed E-state index contributed by atoms with van der Waals surface area (Å²) < 4.78 is 13.9. The van der Waals surface area contributed by atoms with Gasteiger partial charge in [0.25, 0.3) is 0 Å². The van der Waals surface area contributed by atoms with Crippen molar-refractivity contribution < 1.29 is 4.39 Å². The standard InChI is InChI=1S/C24H29ClFN5/c1-31(2)23-19-6-3-4-9-22(19)29-24(30-23)28-17-12-10-16(11-13-17)27-15-14-18-20(25)7-5-8-21(18)26/h3-9,16-17,27H,10-15H2,1-2H3,(H,28,29,30)/t16-,17+. The Hall–Kier alpha value is -2.44. The van der Waals surface area contributed by atoms with Gasteiger partial charge in [0.05, 0.1) is 5.52 Å². The van der Waals surface area contributed by atoms with Gasteiger partial charge in [-0.15, -0.1) is 0 Å². The Balaban J connectivity index is 1.30. The smallest absolute Gasteiger partial charge is 0.225 e. The van der Waals surface area contributed by atoms with E-state index in [9.17, 15) is 4.39 Å². The zero-order valence-corrected chi connectivity index (χ0v) is 18.8. The topological polar surface area (TPSA) is 53.1 Å². The molecule has 0 radical (unpaired) electrons. The van der Waals surface area contributed by atoms with Crippen LogP contribution in [0.4, 0.5) is 16.2 Å². The van der Waals surface area contributed by atoms with Gasteiger partial charge in [-0.25, -0.2) is 9.37 Å². The lowest BCUT2D eigenvalue weighted by molar-refractivity contribution is 0.354. The minimum absolute atomic E-state index is 0.227. The molecule has 0 saturated heterocycles. The molecule has 0 atom stereocenters. The first-order valence-corrected chi connectivity index (χ1v) is 11.3. The zero-order chi connectivity index (χ0) is 21.8. The fourth-order valence-electron chi connectivity index (χ4n) is 4.26. The highest BCUT2D eigenvalue weighted by Gasteiger charge is 2.22. The molecule has 3 aromatic rings. The third kappa shape index (κ3) is 5.25. The predicted octanol–water partition coefficient (Wildman–Crippen LogP) is 5.04. The summed E-state index contributed by atoms with van der Waals surface area (Å²) in [5.74, 6) is 1.39. The van der Waals surface area contributed by atoms with Gasteiger partial charge in [-0.2, -0.15) is 4.98 Å². The molecule has 1 aromatic heterocycles. The van der Waals surface area contributed by atoms with Crippen LogP contribution in [0.2, 0.25) is 5.02 Å². The van der Waals surface area contributed by atoms with Crippen LogP contribution in [-0.4, -0.2) is 42.7 Å². The number of benzene rings is 2. The lowest BCUT2D eigenvalue weighted by Crippen LogP contribution is -2.38. The van der Waals surface area contributed by atoms with Gasteiger partial charge in [-0.3, -0.25) is 0 Å². The first kappa shape index (κ1) is 21.8. The van der Waals surface area contributed by atoms with Crippen molar-refractivity contribution in [2.75, 3.05) is 30.9 Å². The fourth-order valence-corrected chi connectivity index (χ4v) is 4.52. The van der Waals surface area contributed by atoms with E-state index in [0.717, 1.165) is 48.9 Å². The molecule has 1 aliphatic rings. The number of fused-ring (bicyclic) bond motifs is 1. The van der Waals surface area contributed by atoms with Crippen molar-refractivity contribution in [1.29, 1.82) is 0 Å². The quantitative estimate of drug-likeness (QED) is 0.537. The summed E-state index contributed by atoms with van der Waals surface area (Å²) in [7, 11) is 4.01. The maximum Gasteiger partial charge on any atom is 0.225 e. The van der Waals surface area contributed by atoms with Gasteiger partial charge in [0.1, 0.15) is 11.6 Å². The van der Waals surface area contributed by atoms with Crippen LogP contribution in [-0.2, 0) is 6.42 Å². The van der Waals surface area contributed by atoms with Crippen molar-refractivity contribution in [2.45, 2.75) is 44.2 Å². The molecule has 0 bridgehead atoms. The van der Waals surface area contributed by atoms with E-state index < -0.39 is 0 Å². The molecule has 2 aromatic carbocycles. The minimum atomic E-state index is -0.227. The first-order valence-electron chi connectivity index (χ1n) is 10.9. The molecule has 164 valence electrons. The molecule has 1 heterocycles. The summed E-state index contributed by atoms with van der Waals surface area (Å²) in [6.45, 7) is 0.726. The second kappa shape index (κ2) is 9.79. The minimum Gasteiger partial charge on any atom is -0.362 e. The van der Waals surface area contributed by atoms with E-state index in [1.165, 1.54) is 6.07 Å². The van der Waals surface area contributed by atoms with Crippen LogP contribution in [0.15, 0.2) is 42.5 Å². The Morgan fingerprint density at radius 3 is 2.48 bits per heavy atom. The van der Waals surface area contributed by atoms with Crippen LogP contribution >= 0.6 is 11.6 Å². The molecule has 4 rings (SSSR count). The van der Waals surface area contributed by atoms with Crippen LogP contribution in [0.1, 0.15) is 31.2 Å². The Morgan fingerprint density at radius 2 is 1.74 bits per heavy atom. The number of nitrogens with zero attached hydrogens (tertiary/aromatic N) is 3. The van der Waals surface area contributed by atoms with Crippen molar-refractivity contribution in [3.63, 3.8) is 0 Å². The van der Waals surface area contributed by atoms with Crippen LogP contribution < -0.4 is 15.5 Å². The monoisotopic (exact) mass is 441 g/mol. The van der Waals surface area contributed by atoms with E-state index in [1.807, 2.05) is 37.2 Å². The second-order valence-corrected chi connectivity index (χ2v) is 8.79. The number of anilines is 2. The highest BCUT2D eigenvalue weighted by molar-refractivity contribution is 6.31. The van der Waals surface area contributed by atoms with E-state index in [0.29, 0.717) is 35.0 Å². The van der Waals surface area contributed by atoms with Crippen molar-refractivity contribution in [3.05, 3.63) is 58.9 Å². The van der Waals surface area contributed by atoms with Crippen molar-refractivity contribution >= 4 is 34.3 Å². The van der Waals surface area contributed by atoms with E-state index in [2.05, 4.69) is 16.7 Å². The summed E-state index contributed by atoms with van der Waals surface area (Å²) in [4.78, 5) is 11.5. The molecule has 0 amide bonds. The molecule has 0 unspecified atom stereocenters. The zero-order valence-electron chi connectivity index (χ0n) is 18.0. The molecule has 5 nitrogen and oxygen atoms in total. The molecule has 7 heteroatoms. The summed E-state index contributed by atoms with van der Waals surface area (Å²) >= 11 is 6.12. The molecule has 1 saturated carbocycles. The van der Waals surface area contributed by atoms with Gasteiger partial charge < -0.3 is 15.5 Å². The largest absolute Gasteiger partial charge is 0.362 e. The van der Waals surface area contributed by atoms with Gasteiger partial charge in [-0.05, 0) is 62.9 Å². The number of aromatic nitrogens is 2. The van der Waals surface area contributed by atoms with Gasteiger partial charge in [-0.1, -0.05) is 29.8 Å². The third-order valence-corrected chi connectivity index (χ3v) is 6.29. The van der Waals surface area contributed by atoms with Crippen LogP contribution in [0.5, 0.6) is 0 Å². The van der Waals surface area contributed by atoms with Crippen molar-refractivity contribution in [2.24, 2.45) is 0 Å². The SMILES string of the molecule is CN(C)c1nc(N[C@H]2CC[C@@H](NCCc3c(F)cccc3Cl)CC2)nc2ccccc12. The Labute approximate surface area is 188 Å². The lowest BCUT2D eigenvalue weighted by atomic mass is 9.91. The van der Waals surface area contributed by atoms with Crippen LogP contribution in [0, 0.1) is 5.82 Å². The normalized spacial score (nSPS) is 18.8. The highest BCUT2D eigenvalue weighted by Crippen LogP contribution is 2.26. The van der Waals surface area contributed by atoms with E-state index in [1.54, 1.807) is 12.1 Å². The average molecular weight is 442 g/mol. The van der Waals surface area contributed by atoms with Gasteiger partial charge in [0.15, 0.2) is 0 Å². The molecule has 2 N–H and O–H groups in total. The molecular weight excluding hydrogens is 413 g/mol. The van der Waals surface area contributed by atoms with Crippen LogP contribution in [0.25, 0.3) is 10.9 Å². The van der Waals surface area contributed by atoms with Gasteiger partial charge in [0, 0.05) is 42.2 Å². The number of nitrogens with one attached hydrogen (secondary N) is 2. The third-order valence-electron chi connectivity index (χ3n) is 5.94. The number of rotatable bonds is 7. The molecule has 0 aliphatic heterocycles. The molecule has 1 aliphatic carbocycles.